The van der Waals surface area contributed by atoms with Gasteiger partial charge >= 0.3 is 5.69 Å². The summed E-state index contributed by atoms with van der Waals surface area (Å²) in [4.78, 5) is 44.9. The summed E-state index contributed by atoms with van der Waals surface area (Å²) in [6.07, 6.45) is 2.59. The summed E-state index contributed by atoms with van der Waals surface area (Å²) in [5.41, 5.74) is 1.37. The second-order valence-electron chi connectivity index (χ2n) is 7.41. The molecule has 11 nitrogen and oxygen atoms in total. The van der Waals surface area contributed by atoms with Gasteiger partial charge in [-0.2, -0.15) is 0 Å². The molecule has 0 spiro atoms. The summed E-state index contributed by atoms with van der Waals surface area (Å²) in [6.45, 7) is 3.97. The van der Waals surface area contributed by atoms with Gasteiger partial charge in [-0.05, 0) is 30.5 Å². The van der Waals surface area contributed by atoms with Gasteiger partial charge in [-0.1, -0.05) is 19.1 Å². The predicted molar refractivity (Wildman–Crippen MR) is 116 cm³/mol. The van der Waals surface area contributed by atoms with Crippen LogP contribution in [-0.4, -0.2) is 35.2 Å². The Bertz CT molecular complexity index is 1370. The van der Waals surface area contributed by atoms with Crippen molar-refractivity contribution in [2.75, 3.05) is 5.32 Å². The number of hydrogen-bond acceptors (Lipinski definition) is 7. The van der Waals surface area contributed by atoms with Crippen molar-refractivity contribution in [2.45, 2.75) is 46.2 Å². The van der Waals surface area contributed by atoms with Crippen LogP contribution in [0.2, 0.25) is 0 Å². The number of hydrogen-bond donors (Lipinski definition) is 2. The Morgan fingerprint density at radius 1 is 1.22 bits per heavy atom. The van der Waals surface area contributed by atoms with Crippen molar-refractivity contribution >= 4 is 22.8 Å². The van der Waals surface area contributed by atoms with Crippen molar-refractivity contribution in [3.63, 3.8) is 0 Å². The summed E-state index contributed by atoms with van der Waals surface area (Å²) in [5, 5.41) is 10.2. The number of nitrogens with zero attached hydrogens (tertiary/aromatic N) is 5. The molecule has 166 valence electrons. The number of H-pyrrole nitrogens is 1. The highest BCUT2D eigenvalue weighted by Crippen LogP contribution is 2.14. The summed E-state index contributed by atoms with van der Waals surface area (Å²) >= 11 is 0. The first-order valence-corrected chi connectivity index (χ1v) is 10.3. The number of aryl methyl sites for hydroxylation is 2. The second-order valence-corrected chi connectivity index (χ2v) is 7.41. The molecule has 11 heteroatoms. The zero-order chi connectivity index (χ0) is 22.7. The van der Waals surface area contributed by atoms with E-state index in [1.807, 2.05) is 25.1 Å². The Hall–Kier alpha value is -4.02. The summed E-state index contributed by atoms with van der Waals surface area (Å²) in [6, 6.07) is 7.42. The number of nitrogens with one attached hydrogen (secondary N) is 2. The highest BCUT2D eigenvalue weighted by molar-refractivity contribution is 5.88. The normalized spacial score (nSPS) is 11.2. The lowest BCUT2D eigenvalue weighted by molar-refractivity contribution is -0.114. The van der Waals surface area contributed by atoms with Crippen molar-refractivity contribution in [3.05, 3.63) is 68.8 Å². The fourth-order valence-electron chi connectivity index (χ4n) is 3.59. The first-order chi connectivity index (χ1) is 15.5. The number of aromatic amines is 1. The predicted octanol–water partition coefficient (Wildman–Crippen LogP) is 1.47. The van der Waals surface area contributed by atoms with E-state index in [2.05, 4.69) is 25.5 Å². The Labute approximate surface area is 182 Å². The molecule has 3 heterocycles. The molecule has 32 heavy (non-hydrogen) atoms. The van der Waals surface area contributed by atoms with Gasteiger partial charge in [-0.3, -0.25) is 18.7 Å². The van der Waals surface area contributed by atoms with Crippen LogP contribution in [0.4, 0.5) is 5.69 Å². The van der Waals surface area contributed by atoms with E-state index in [-0.39, 0.29) is 17.8 Å². The van der Waals surface area contributed by atoms with Gasteiger partial charge in [0.05, 0.1) is 6.42 Å². The van der Waals surface area contributed by atoms with Gasteiger partial charge in [-0.25, -0.2) is 9.78 Å². The van der Waals surface area contributed by atoms with Crippen LogP contribution in [0.1, 0.15) is 37.5 Å². The Kier molecular flexibility index (Phi) is 5.97. The molecular formula is C21H23N7O4. The van der Waals surface area contributed by atoms with Crippen molar-refractivity contribution in [3.8, 4) is 0 Å². The molecule has 1 amide bonds. The topological polar surface area (TPSA) is 141 Å². The van der Waals surface area contributed by atoms with Crippen LogP contribution in [0.5, 0.6) is 0 Å². The zero-order valence-electron chi connectivity index (χ0n) is 17.8. The quantitative estimate of drug-likeness (QED) is 0.425. The van der Waals surface area contributed by atoms with E-state index in [0.717, 1.165) is 5.56 Å². The molecule has 4 aromatic rings. The minimum atomic E-state index is -0.404. The van der Waals surface area contributed by atoms with Crippen molar-refractivity contribution in [2.24, 2.45) is 0 Å². The van der Waals surface area contributed by atoms with E-state index < -0.39 is 11.2 Å². The average Bonchev–Trinajstić information content (AvgIpc) is 3.41. The van der Waals surface area contributed by atoms with E-state index in [4.69, 9.17) is 4.42 Å². The molecular weight excluding hydrogens is 414 g/mol. The fraction of sp³-hybridized carbons (Fsp3) is 0.333. The van der Waals surface area contributed by atoms with Crippen molar-refractivity contribution in [1.82, 2.24) is 29.3 Å². The first kappa shape index (κ1) is 21.2. The standard InChI is InChI=1S/C21H23N7O4/c1-3-8-28-20(30)18-19(25-16(24-18)11-17-26-22-12-32-17)27(21(28)31)9-7-14-5-4-6-15(10-14)23-13(2)29/h4-6,10,12H,3,7-9,11H2,1-2H3,(H,23,29)(H,24,25). The molecule has 3 aromatic heterocycles. The van der Waals surface area contributed by atoms with Crippen LogP contribution in [-0.2, 0) is 30.7 Å². The Morgan fingerprint density at radius 3 is 2.78 bits per heavy atom. The van der Waals surface area contributed by atoms with Crippen LogP contribution in [0, 0.1) is 0 Å². The van der Waals surface area contributed by atoms with E-state index in [1.54, 1.807) is 6.07 Å². The Morgan fingerprint density at radius 2 is 2.06 bits per heavy atom. The van der Waals surface area contributed by atoms with Crippen LogP contribution >= 0.6 is 0 Å². The Balaban J connectivity index is 1.72. The maximum absolute atomic E-state index is 13.1. The van der Waals surface area contributed by atoms with Gasteiger partial charge in [0.25, 0.3) is 5.56 Å². The van der Waals surface area contributed by atoms with Crippen molar-refractivity contribution in [1.29, 1.82) is 0 Å². The minimum absolute atomic E-state index is 0.156. The monoisotopic (exact) mass is 437 g/mol. The lowest BCUT2D eigenvalue weighted by atomic mass is 10.1. The third kappa shape index (κ3) is 4.36. The lowest BCUT2D eigenvalue weighted by Gasteiger charge is -2.11. The number of anilines is 1. The number of carbonyl (C=O) groups excluding carboxylic acids is 1. The fourth-order valence-corrected chi connectivity index (χ4v) is 3.59. The summed E-state index contributed by atoms with van der Waals surface area (Å²) in [5.74, 6) is 0.648. The highest BCUT2D eigenvalue weighted by Gasteiger charge is 2.18. The number of aromatic nitrogens is 6. The smallest absolute Gasteiger partial charge is 0.332 e. The lowest BCUT2D eigenvalue weighted by Crippen LogP contribution is -2.40. The second kappa shape index (κ2) is 9.00. The molecule has 0 bridgehead atoms. The molecule has 4 rings (SSSR count). The van der Waals surface area contributed by atoms with Crippen LogP contribution in [0.15, 0.2) is 44.7 Å². The number of carbonyl (C=O) groups is 1. The zero-order valence-corrected chi connectivity index (χ0v) is 17.8. The number of imidazole rings is 1. The number of fused-ring (bicyclic) bond motifs is 1. The average molecular weight is 437 g/mol. The summed E-state index contributed by atoms with van der Waals surface area (Å²) in [7, 11) is 0. The molecule has 0 unspecified atom stereocenters. The molecule has 0 aliphatic carbocycles. The van der Waals surface area contributed by atoms with Gasteiger partial charge in [0.1, 0.15) is 11.3 Å². The maximum atomic E-state index is 13.1. The largest absolute Gasteiger partial charge is 0.428 e. The first-order valence-electron chi connectivity index (χ1n) is 10.3. The SMILES string of the molecule is CCCn1c(=O)c2[nH]c(Cc3nnco3)nc2n(CCc2cccc(NC(C)=O)c2)c1=O. The molecule has 1 aromatic carbocycles. The van der Waals surface area contributed by atoms with Gasteiger partial charge in [0.15, 0.2) is 5.65 Å². The maximum Gasteiger partial charge on any atom is 0.332 e. The molecule has 2 N–H and O–H groups in total. The molecule has 0 saturated heterocycles. The molecule has 0 aliphatic rings. The minimum Gasteiger partial charge on any atom is -0.428 e. The highest BCUT2D eigenvalue weighted by atomic mass is 16.4. The molecule has 0 fully saturated rings. The summed E-state index contributed by atoms with van der Waals surface area (Å²) < 4.78 is 7.89. The number of benzene rings is 1. The number of rotatable bonds is 8. The van der Waals surface area contributed by atoms with Gasteiger partial charge in [-0.15, -0.1) is 10.2 Å². The van der Waals surface area contributed by atoms with Crippen LogP contribution in [0.25, 0.3) is 11.2 Å². The molecule has 0 aliphatic heterocycles. The van der Waals surface area contributed by atoms with E-state index in [1.165, 1.54) is 22.5 Å². The molecule has 0 saturated carbocycles. The van der Waals surface area contributed by atoms with E-state index in [9.17, 15) is 14.4 Å². The van der Waals surface area contributed by atoms with Gasteiger partial charge in [0.2, 0.25) is 18.2 Å². The van der Waals surface area contributed by atoms with E-state index >= 15 is 0 Å². The molecule has 0 atom stereocenters. The van der Waals surface area contributed by atoms with Gasteiger partial charge in [0, 0.05) is 25.7 Å². The van der Waals surface area contributed by atoms with Crippen LogP contribution < -0.4 is 16.6 Å². The third-order valence-corrected chi connectivity index (χ3v) is 4.95. The third-order valence-electron chi connectivity index (χ3n) is 4.95. The number of amides is 1. The van der Waals surface area contributed by atoms with E-state index in [0.29, 0.717) is 49.0 Å². The molecule has 0 radical (unpaired) electrons. The van der Waals surface area contributed by atoms with Gasteiger partial charge < -0.3 is 14.7 Å². The van der Waals surface area contributed by atoms with Crippen molar-refractivity contribution < 1.29 is 9.21 Å². The van der Waals surface area contributed by atoms with Crippen LogP contribution in [0.3, 0.4) is 0 Å².